The lowest BCUT2D eigenvalue weighted by molar-refractivity contribution is 0.475. The van der Waals surface area contributed by atoms with E-state index in [-0.39, 0.29) is 22.7 Å². The number of benzene rings is 1. The summed E-state index contributed by atoms with van der Waals surface area (Å²) >= 11 is 0. The molecule has 0 aliphatic rings. The summed E-state index contributed by atoms with van der Waals surface area (Å²) in [5.74, 6) is -0.486. The third-order valence-corrected chi connectivity index (χ3v) is 2.28. The lowest BCUT2D eigenvalue weighted by Gasteiger charge is -2.04. The molecule has 2 aromatic rings. The fourth-order valence-electron chi connectivity index (χ4n) is 1.57. The summed E-state index contributed by atoms with van der Waals surface area (Å²) in [6, 6.07) is 6.85. The summed E-state index contributed by atoms with van der Waals surface area (Å²) in [4.78, 5) is 14.2. The Balaban J connectivity index is 2.65. The SMILES string of the molecule is Cc1cc(O)c(-c2ccc(F)cc2)c(=O)[nH]1. The molecule has 3 nitrogen and oxygen atoms in total. The zero-order chi connectivity index (χ0) is 11.7. The van der Waals surface area contributed by atoms with Gasteiger partial charge in [0.25, 0.3) is 5.56 Å². The number of halogens is 1. The van der Waals surface area contributed by atoms with E-state index < -0.39 is 0 Å². The van der Waals surface area contributed by atoms with Crippen molar-refractivity contribution in [2.75, 3.05) is 0 Å². The molecule has 0 aliphatic heterocycles. The first-order valence-electron chi connectivity index (χ1n) is 4.77. The number of hydrogen-bond donors (Lipinski definition) is 2. The van der Waals surface area contributed by atoms with Gasteiger partial charge in [0.05, 0.1) is 5.56 Å². The Bertz CT molecular complexity index is 573. The molecule has 1 aromatic carbocycles. The Labute approximate surface area is 91.2 Å². The summed E-state index contributed by atoms with van der Waals surface area (Å²) in [6.07, 6.45) is 0. The Morgan fingerprint density at radius 2 is 1.88 bits per heavy atom. The van der Waals surface area contributed by atoms with Crippen LogP contribution < -0.4 is 5.56 Å². The number of aromatic nitrogens is 1. The van der Waals surface area contributed by atoms with E-state index in [1.807, 2.05) is 0 Å². The van der Waals surface area contributed by atoms with Gasteiger partial charge in [0.15, 0.2) is 0 Å². The van der Waals surface area contributed by atoms with Crippen LogP contribution >= 0.6 is 0 Å². The summed E-state index contributed by atoms with van der Waals surface area (Å²) in [7, 11) is 0. The first-order valence-corrected chi connectivity index (χ1v) is 4.77. The smallest absolute Gasteiger partial charge is 0.259 e. The number of nitrogens with one attached hydrogen (secondary N) is 1. The second-order valence-corrected chi connectivity index (χ2v) is 3.55. The third-order valence-electron chi connectivity index (χ3n) is 2.28. The van der Waals surface area contributed by atoms with Crippen LogP contribution in [0.5, 0.6) is 5.75 Å². The molecule has 0 radical (unpaired) electrons. The highest BCUT2D eigenvalue weighted by atomic mass is 19.1. The maximum atomic E-state index is 12.7. The van der Waals surface area contributed by atoms with Crippen molar-refractivity contribution >= 4 is 0 Å². The highest BCUT2D eigenvalue weighted by Gasteiger charge is 2.09. The minimum atomic E-state index is -0.385. The predicted octanol–water partition coefficient (Wildman–Crippen LogP) is 2.20. The zero-order valence-electron chi connectivity index (χ0n) is 8.62. The molecule has 1 aromatic heterocycles. The number of pyridine rings is 1. The van der Waals surface area contributed by atoms with Crippen LogP contribution in [0.15, 0.2) is 35.1 Å². The van der Waals surface area contributed by atoms with Crippen LogP contribution in [-0.2, 0) is 0 Å². The first kappa shape index (κ1) is 10.4. The van der Waals surface area contributed by atoms with E-state index in [4.69, 9.17) is 0 Å². The summed E-state index contributed by atoms with van der Waals surface area (Å²) in [5.41, 5.74) is 0.836. The summed E-state index contributed by atoms with van der Waals surface area (Å²) < 4.78 is 12.7. The average molecular weight is 219 g/mol. The Kier molecular flexibility index (Phi) is 2.48. The minimum Gasteiger partial charge on any atom is -0.507 e. The largest absolute Gasteiger partial charge is 0.507 e. The number of aromatic hydroxyl groups is 1. The third kappa shape index (κ3) is 1.82. The van der Waals surface area contributed by atoms with Gasteiger partial charge in [-0.15, -0.1) is 0 Å². The van der Waals surface area contributed by atoms with Crippen molar-refractivity contribution in [3.63, 3.8) is 0 Å². The average Bonchev–Trinajstić information content (AvgIpc) is 2.19. The number of rotatable bonds is 1. The molecule has 0 bridgehead atoms. The second-order valence-electron chi connectivity index (χ2n) is 3.55. The molecular weight excluding hydrogens is 209 g/mol. The topological polar surface area (TPSA) is 53.1 Å². The highest BCUT2D eigenvalue weighted by Crippen LogP contribution is 2.25. The van der Waals surface area contributed by atoms with Gasteiger partial charge in [-0.3, -0.25) is 4.79 Å². The van der Waals surface area contributed by atoms with Gasteiger partial charge in [-0.25, -0.2) is 4.39 Å². The molecule has 0 saturated heterocycles. The van der Waals surface area contributed by atoms with Gasteiger partial charge in [-0.1, -0.05) is 12.1 Å². The van der Waals surface area contributed by atoms with Crippen LogP contribution in [0.3, 0.4) is 0 Å². The van der Waals surface area contributed by atoms with Crippen molar-refractivity contribution in [3.8, 4) is 16.9 Å². The monoisotopic (exact) mass is 219 g/mol. The van der Waals surface area contributed by atoms with Gasteiger partial charge in [0, 0.05) is 5.69 Å². The zero-order valence-corrected chi connectivity index (χ0v) is 8.62. The molecule has 0 amide bonds. The number of aromatic amines is 1. The van der Waals surface area contributed by atoms with E-state index in [2.05, 4.69) is 4.98 Å². The van der Waals surface area contributed by atoms with Gasteiger partial charge < -0.3 is 10.1 Å². The minimum absolute atomic E-state index is 0.104. The molecule has 1 heterocycles. The maximum Gasteiger partial charge on any atom is 0.259 e. The van der Waals surface area contributed by atoms with Gasteiger partial charge in [-0.05, 0) is 30.7 Å². The van der Waals surface area contributed by atoms with Crippen LogP contribution in [0.4, 0.5) is 4.39 Å². The van der Waals surface area contributed by atoms with Crippen molar-refractivity contribution in [1.82, 2.24) is 4.98 Å². The number of aryl methyl sites for hydroxylation is 1. The van der Waals surface area contributed by atoms with E-state index in [0.717, 1.165) is 0 Å². The number of hydrogen-bond acceptors (Lipinski definition) is 2. The van der Waals surface area contributed by atoms with Crippen molar-refractivity contribution in [2.45, 2.75) is 6.92 Å². The molecule has 2 rings (SSSR count). The fraction of sp³-hybridized carbons (Fsp3) is 0.0833. The molecule has 4 heteroatoms. The lowest BCUT2D eigenvalue weighted by atomic mass is 10.1. The second kappa shape index (κ2) is 3.81. The Morgan fingerprint density at radius 1 is 1.25 bits per heavy atom. The van der Waals surface area contributed by atoms with Gasteiger partial charge in [0.2, 0.25) is 0 Å². The summed E-state index contributed by atoms with van der Waals surface area (Å²) in [5, 5.41) is 9.68. The Hall–Kier alpha value is -2.10. The maximum absolute atomic E-state index is 12.7. The van der Waals surface area contributed by atoms with Crippen LogP contribution in [0, 0.1) is 12.7 Å². The van der Waals surface area contributed by atoms with Crippen LogP contribution in [0.1, 0.15) is 5.69 Å². The van der Waals surface area contributed by atoms with Crippen molar-refractivity contribution in [3.05, 3.63) is 52.2 Å². The molecule has 0 atom stereocenters. The molecule has 16 heavy (non-hydrogen) atoms. The van der Waals surface area contributed by atoms with E-state index in [0.29, 0.717) is 11.3 Å². The predicted molar refractivity (Wildman–Crippen MR) is 58.9 cm³/mol. The van der Waals surface area contributed by atoms with Crippen LogP contribution in [-0.4, -0.2) is 10.1 Å². The molecule has 0 aliphatic carbocycles. The molecular formula is C12H10FNO2. The van der Waals surface area contributed by atoms with Crippen molar-refractivity contribution < 1.29 is 9.50 Å². The molecule has 0 saturated carbocycles. The highest BCUT2D eigenvalue weighted by molar-refractivity contribution is 5.68. The van der Waals surface area contributed by atoms with Gasteiger partial charge in [0.1, 0.15) is 11.6 Å². The van der Waals surface area contributed by atoms with Crippen LogP contribution in [0.2, 0.25) is 0 Å². The van der Waals surface area contributed by atoms with Crippen molar-refractivity contribution in [1.29, 1.82) is 0 Å². The molecule has 2 N–H and O–H groups in total. The quantitative estimate of drug-likeness (QED) is 0.772. The number of H-pyrrole nitrogens is 1. The van der Waals surface area contributed by atoms with Gasteiger partial charge >= 0.3 is 0 Å². The lowest BCUT2D eigenvalue weighted by Crippen LogP contribution is -2.10. The van der Waals surface area contributed by atoms with E-state index in [9.17, 15) is 14.3 Å². The van der Waals surface area contributed by atoms with E-state index >= 15 is 0 Å². The van der Waals surface area contributed by atoms with Crippen LogP contribution in [0.25, 0.3) is 11.1 Å². The molecule has 0 unspecified atom stereocenters. The standard InChI is InChI=1S/C12H10FNO2/c1-7-6-10(15)11(12(16)14-7)8-2-4-9(13)5-3-8/h2-6H,1H3,(H2,14,15,16). The first-order chi connectivity index (χ1) is 7.58. The summed E-state index contributed by atoms with van der Waals surface area (Å²) in [6.45, 7) is 1.68. The normalized spacial score (nSPS) is 10.4. The molecule has 0 spiro atoms. The van der Waals surface area contributed by atoms with E-state index in [1.54, 1.807) is 6.92 Å². The van der Waals surface area contributed by atoms with Crippen molar-refractivity contribution in [2.24, 2.45) is 0 Å². The van der Waals surface area contributed by atoms with E-state index in [1.165, 1.54) is 30.3 Å². The Morgan fingerprint density at radius 3 is 2.44 bits per heavy atom. The van der Waals surface area contributed by atoms with Gasteiger partial charge in [-0.2, -0.15) is 0 Å². The molecule has 0 fully saturated rings. The fourth-order valence-corrected chi connectivity index (χ4v) is 1.57. The molecule has 82 valence electrons.